The van der Waals surface area contributed by atoms with Crippen LogP contribution in [-0.4, -0.2) is 26.1 Å². The summed E-state index contributed by atoms with van der Waals surface area (Å²) in [5.74, 6) is 0.229. The molecule has 90 valence electrons. The van der Waals surface area contributed by atoms with Crippen LogP contribution in [0.1, 0.15) is 34.4 Å². The number of nitrogens with zero attached hydrogens (tertiary/aromatic N) is 4. The van der Waals surface area contributed by atoms with Crippen molar-refractivity contribution in [3.8, 4) is 0 Å². The molecule has 2 aromatic rings. The first kappa shape index (κ1) is 11.3. The second-order valence-electron chi connectivity index (χ2n) is 3.69. The van der Waals surface area contributed by atoms with Crippen LogP contribution in [0, 0.1) is 6.92 Å². The fraction of sp³-hybridized carbons (Fsp3) is 0.400. The van der Waals surface area contributed by atoms with E-state index in [-0.39, 0.29) is 5.69 Å². The molecule has 17 heavy (non-hydrogen) atoms. The van der Waals surface area contributed by atoms with E-state index in [1.54, 1.807) is 4.68 Å². The minimum Gasteiger partial charge on any atom is -0.364 e. The molecule has 2 rings (SSSR count). The van der Waals surface area contributed by atoms with E-state index in [2.05, 4.69) is 15.5 Å². The normalized spacial score (nSPS) is 10.7. The first-order valence-corrected chi connectivity index (χ1v) is 5.25. The first-order valence-electron chi connectivity index (χ1n) is 5.25. The van der Waals surface area contributed by atoms with Gasteiger partial charge in [-0.05, 0) is 6.92 Å². The predicted octanol–water partition coefficient (Wildman–Crippen LogP) is 0.284. The topological polar surface area (TPSA) is 99.8 Å². The Labute approximate surface area is 97.6 Å². The number of rotatable bonds is 4. The molecule has 0 aliphatic heterocycles. The van der Waals surface area contributed by atoms with Crippen molar-refractivity contribution in [2.24, 2.45) is 5.73 Å². The molecule has 2 heterocycles. The Morgan fingerprint density at radius 3 is 2.94 bits per heavy atom. The number of aromatic nitrogens is 4. The standard InChI is InChI=1S/C10H13N5O2/c1-3-9-7(6(2)13-17-9)4-15-5-8(10(11)16)12-14-15/h5H,3-4H2,1-2H3,(H2,11,16). The lowest BCUT2D eigenvalue weighted by Crippen LogP contribution is -2.11. The Morgan fingerprint density at radius 2 is 2.35 bits per heavy atom. The van der Waals surface area contributed by atoms with Crippen LogP contribution in [0.25, 0.3) is 0 Å². The summed E-state index contributed by atoms with van der Waals surface area (Å²) in [7, 11) is 0. The van der Waals surface area contributed by atoms with E-state index in [0.717, 1.165) is 23.4 Å². The molecule has 0 aliphatic carbocycles. The van der Waals surface area contributed by atoms with E-state index in [0.29, 0.717) is 6.54 Å². The molecule has 0 saturated heterocycles. The van der Waals surface area contributed by atoms with Gasteiger partial charge >= 0.3 is 0 Å². The molecule has 1 amide bonds. The third-order valence-electron chi connectivity index (χ3n) is 2.50. The van der Waals surface area contributed by atoms with Crippen LogP contribution in [0.5, 0.6) is 0 Å². The van der Waals surface area contributed by atoms with E-state index < -0.39 is 5.91 Å². The van der Waals surface area contributed by atoms with E-state index >= 15 is 0 Å². The minimum atomic E-state index is -0.589. The fourth-order valence-corrected chi connectivity index (χ4v) is 1.57. The molecule has 7 heteroatoms. The quantitative estimate of drug-likeness (QED) is 0.820. The van der Waals surface area contributed by atoms with Gasteiger partial charge in [-0.3, -0.25) is 4.79 Å². The van der Waals surface area contributed by atoms with Gasteiger partial charge in [-0.25, -0.2) is 4.68 Å². The van der Waals surface area contributed by atoms with Crippen LogP contribution in [-0.2, 0) is 13.0 Å². The molecule has 0 aliphatic rings. The SMILES string of the molecule is CCc1onc(C)c1Cn1cc(C(N)=O)nn1. The van der Waals surface area contributed by atoms with Gasteiger partial charge in [-0.1, -0.05) is 17.3 Å². The van der Waals surface area contributed by atoms with Crippen LogP contribution in [0.4, 0.5) is 0 Å². The molecule has 0 atom stereocenters. The van der Waals surface area contributed by atoms with E-state index in [4.69, 9.17) is 10.3 Å². The second kappa shape index (κ2) is 4.36. The number of amides is 1. The largest absolute Gasteiger partial charge is 0.364 e. The number of primary amides is 1. The number of aryl methyl sites for hydroxylation is 2. The average molecular weight is 235 g/mol. The van der Waals surface area contributed by atoms with Gasteiger partial charge < -0.3 is 10.3 Å². The van der Waals surface area contributed by atoms with Crippen molar-refractivity contribution in [1.82, 2.24) is 20.2 Å². The van der Waals surface area contributed by atoms with Gasteiger partial charge in [0.2, 0.25) is 0 Å². The van der Waals surface area contributed by atoms with Crippen molar-refractivity contribution in [3.63, 3.8) is 0 Å². The molecule has 7 nitrogen and oxygen atoms in total. The molecule has 0 fully saturated rings. The van der Waals surface area contributed by atoms with Gasteiger partial charge in [-0.15, -0.1) is 5.10 Å². The van der Waals surface area contributed by atoms with Crippen LogP contribution in [0.15, 0.2) is 10.7 Å². The maximum absolute atomic E-state index is 10.9. The maximum Gasteiger partial charge on any atom is 0.270 e. The molecule has 0 radical (unpaired) electrons. The van der Waals surface area contributed by atoms with E-state index in [9.17, 15) is 4.79 Å². The van der Waals surface area contributed by atoms with Crippen molar-refractivity contribution >= 4 is 5.91 Å². The third kappa shape index (κ3) is 2.17. The van der Waals surface area contributed by atoms with Crippen LogP contribution >= 0.6 is 0 Å². The molecule has 0 bridgehead atoms. The maximum atomic E-state index is 10.9. The van der Waals surface area contributed by atoms with Gasteiger partial charge in [-0.2, -0.15) is 0 Å². The average Bonchev–Trinajstić information content (AvgIpc) is 2.88. The van der Waals surface area contributed by atoms with Crippen molar-refractivity contribution < 1.29 is 9.32 Å². The Bertz CT molecular complexity index is 543. The van der Waals surface area contributed by atoms with Gasteiger partial charge in [0.25, 0.3) is 5.91 Å². The van der Waals surface area contributed by atoms with Crippen molar-refractivity contribution in [3.05, 3.63) is 28.9 Å². The zero-order chi connectivity index (χ0) is 12.4. The van der Waals surface area contributed by atoms with Gasteiger partial charge in [0.15, 0.2) is 5.69 Å². The zero-order valence-electron chi connectivity index (χ0n) is 9.67. The summed E-state index contributed by atoms with van der Waals surface area (Å²) in [6.07, 6.45) is 2.27. The van der Waals surface area contributed by atoms with Crippen LogP contribution < -0.4 is 5.73 Å². The molecule has 0 spiro atoms. The smallest absolute Gasteiger partial charge is 0.270 e. The molecule has 2 aromatic heterocycles. The fourth-order valence-electron chi connectivity index (χ4n) is 1.57. The molecule has 0 unspecified atom stereocenters. The summed E-state index contributed by atoms with van der Waals surface area (Å²) in [6, 6.07) is 0. The monoisotopic (exact) mass is 235 g/mol. The Morgan fingerprint density at radius 1 is 1.59 bits per heavy atom. The summed E-state index contributed by atoms with van der Waals surface area (Å²) in [5.41, 5.74) is 7.03. The molecular weight excluding hydrogens is 222 g/mol. The highest BCUT2D eigenvalue weighted by molar-refractivity contribution is 5.90. The lowest BCUT2D eigenvalue weighted by Gasteiger charge is -1.99. The highest BCUT2D eigenvalue weighted by Crippen LogP contribution is 2.15. The summed E-state index contributed by atoms with van der Waals surface area (Å²) < 4.78 is 6.71. The highest BCUT2D eigenvalue weighted by Gasteiger charge is 2.13. The number of hydrogen-bond acceptors (Lipinski definition) is 5. The Balaban J connectivity index is 2.24. The number of carbonyl (C=O) groups is 1. The van der Waals surface area contributed by atoms with Gasteiger partial charge in [0.05, 0.1) is 18.4 Å². The van der Waals surface area contributed by atoms with E-state index in [1.165, 1.54) is 6.20 Å². The number of carbonyl (C=O) groups excluding carboxylic acids is 1. The predicted molar refractivity (Wildman–Crippen MR) is 58.3 cm³/mol. The number of hydrogen-bond donors (Lipinski definition) is 1. The molecule has 0 aromatic carbocycles. The zero-order valence-corrected chi connectivity index (χ0v) is 9.67. The first-order chi connectivity index (χ1) is 8.11. The van der Waals surface area contributed by atoms with Crippen LogP contribution in [0.2, 0.25) is 0 Å². The van der Waals surface area contributed by atoms with E-state index in [1.807, 2.05) is 13.8 Å². The van der Waals surface area contributed by atoms with Crippen molar-refractivity contribution in [1.29, 1.82) is 0 Å². The lowest BCUT2D eigenvalue weighted by atomic mass is 10.1. The van der Waals surface area contributed by atoms with Crippen LogP contribution in [0.3, 0.4) is 0 Å². The molecule has 2 N–H and O–H groups in total. The summed E-state index contributed by atoms with van der Waals surface area (Å²) in [4.78, 5) is 10.9. The van der Waals surface area contributed by atoms with Gasteiger partial charge in [0, 0.05) is 12.0 Å². The number of nitrogens with two attached hydrogens (primary N) is 1. The summed E-state index contributed by atoms with van der Waals surface area (Å²) in [5, 5.41) is 11.4. The third-order valence-corrected chi connectivity index (χ3v) is 2.50. The molecular formula is C10H13N5O2. The van der Waals surface area contributed by atoms with Crippen molar-refractivity contribution in [2.75, 3.05) is 0 Å². The Hall–Kier alpha value is -2.18. The van der Waals surface area contributed by atoms with Crippen molar-refractivity contribution in [2.45, 2.75) is 26.8 Å². The second-order valence-corrected chi connectivity index (χ2v) is 3.69. The summed E-state index contributed by atoms with van der Waals surface area (Å²) in [6.45, 7) is 4.32. The van der Waals surface area contributed by atoms with Gasteiger partial charge in [0.1, 0.15) is 5.76 Å². The Kier molecular flexibility index (Phi) is 2.90. The lowest BCUT2D eigenvalue weighted by molar-refractivity contribution is 0.0995. The highest BCUT2D eigenvalue weighted by atomic mass is 16.5. The molecule has 0 saturated carbocycles. The summed E-state index contributed by atoms with van der Waals surface area (Å²) >= 11 is 0. The minimum absolute atomic E-state index is 0.150.